The molecule has 0 aromatic heterocycles. The molecule has 1 aromatic rings. The van der Waals surface area contributed by atoms with Gasteiger partial charge in [-0.1, -0.05) is 6.07 Å². The second kappa shape index (κ2) is 4.05. The maximum atomic E-state index is 13.8. The van der Waals surface area contributed by atoms with Crippen molar-refractivity contribution in [2.75, 3.05) is 0 Å². The van der Waals surface area contributed by atoms with E-state index in [0.29, 0.717) is 17.5 Å². The minimum atomic E-state index is -1.43. The molecule has 94 valence electrons. The quantitative estimate of drug-likeness (QED) is 0.855. The molecule has 0 saturated heterocycles. The lowest BCUT2D eigenvalue weighted by molar-refractivity contribution is 0.221. The Morgan fingerprint density at radius 1 is 1.35 bits per heavy atom. The molecule has 1 aliphatic carbocycles. The average molecular weight is 239 g/mol. The van der Waals surface area contributed by atoms with Crippen LogP contribution in [0.25, 0.3) is 0 Å². The fourth-order valence-electron chi connectivity index (χ4n) is 1.93. The summed E-state index contributed by atoms with van der Waals surface area (Å²) >= 11 is 0. The molecular formula is C14H19F2N. The topological polar surface area (TPSA) is 26.0 Å². The maximum absolute atomic E-state index is 13.8. The van der Waals surface area contributed by atoms with E-state index in [1.807, 2.05) is 0 Å². The Morgan fingerprint density at radius 2 is 2.00 bits per heavy atom. The summed E-state index contributed by atoms with van der Waals surface area (Å²) in [6.07, 6.45) is 3.40. The maximum Gasteiger partial charge on any atom is 0.130 e. The molecule has 2 rings (SSSR count). The van der Waals surface area contributed by atoms with E-state index in [1.54, 1.807) is 6.07 Å². The lowest BCUT2D eigenvalue weighted by Crippen LogP contribution is -2.22. The highest BCUT2D eigenvalue weighted by molar-refractivity contribution is 5.29. The average Bonchev–Trinajstić information content (AvgIpc) is 2.94. The van der Waals surface area contributed by atoms with E-state index in [0.717, 1.165) is 19.3 Å². The third-order valence-corrected chi connectivity index (χ3v) is 3.52. The van der Waals surface area contributed by atoms with E-state index in [9.17, 15) is 8.78 Å². The monoisotopic (exact) mass is 239 g/mol. The smallest absolute Gasteiger partial charge is 0.130 e. The molecule has 0 atom stereocenters. The molecule has 3 heteroatoms. The van der Waals surface area contributed by atoms with Crippen LogP contribution in [0.1, 0.15) is 44.2 Å². The van der Waals surface area contributed by atoms with Crippen molar-refractivity contribution in [3.8, 4) is 0 Å². The zero-order valence-corrected chi connectivity index (χ0v) is 10.4. The van der Waals surface area contributed by atoms with Crippen LogP contribution in [0.3, 0.4) is 0 Å². The van der Waals surface area contributed by atoms with Crippen molar-refractivity contribution in [3.05, 3.63) is 35.1 Å². The van der Waals surface area contributed by atoms with E-state index in [1.165, 1.54) is 26.0 Å². The molecule has 1 saturated carbocycles. The van der Waals surface area contributed by atoms with Crippen molar-refractivity contribution >= 4 is 0 Å². The molecule has 1 fully saturated rings. The Balaban J connectivity index is 2.14. The fourth-order valence-corrected chi connectivity index (χ4v) is 1.93. The third-order valence-electron chi connectivity index (χ3n) is 3.52. The number of benzene rings is 1. The minimum Gasteiger partial charge on any atom is -0.325 e. The van der Waals surface area contributed by atoms with Crippen LogP contribution in [0.5, 0.6) is 0 Å². The number of halogens is 2. The second-order valence-electron chi connectivity index (χ2n) is 5.64. The second-order valence-corrected chi connectivity index (χ2v) is 5.64. The fraction of sp³-hybridized carbons (Fsp3) is 0.571. The largest absolute Gasteiger partial charge is 0.325 e. The Kier molecular flexibility index (Phi) is 2.98. The van der Waals surface area contributed by atoms with Crippen molar-refractivity contribution in [1.29, 1.82) is 0 Å². The normalized spacial score (nSPS) is 18.2. The number of nitrogens with two attached hydrogens (primary N) is 1. The lowest BCUT2D eigenvalue weighted by atomic mass is 9.95. The molecule has 17 heavy (non-hydrogen) atoms. The van der Waals surface area contributed by atoms with Gasteiger partial charge in [0.05, 0.1) is 0 Å². The molecule has 0 aliphatic heterocycles. The molecule has 2 N–H and O–H groups in total. The number of aryl methyl sites for hydroxylation is 1. The number of rotatable bonds is 4. The van der Waals surface area contributed by atoms with Crippen LogP contribution in [-0.2, 0) is 12.1 Å². The van der Waals surface area contributed by atoms with Gasteiger partial charge in [0.25, 0.3) is 0 Å². The van der Waals surface area contributed by atoms with Crippen molar-refractivity contribution in [1.82, 2.24) is 0 Å². The van der Waals surface area contributed by atoms with E-state index in [4.69, 9.17) is 5.73 Å². The molecule has 1 aliphatic rings. The molecule has 1 aromatic carbocycles. The van der Waals surface area contributed by atoms with Gasteiger partial charge in [0.1, 0.15) is 11.5 Å². The number of hydrogen-bond acceptors (Lipinski definition) is 1. The highest BCUT2D eigenvalue weighted by Crippen LogP contribution is 2.37. The van der Waals surface area contributed by atoms with Gasteiger partial charge in [-0.2, -0.15) is 0 Å². The highest BCUT2D eigenvalue weighted by atomic mass is 19.1. The van der Waals surface area contributed by atoms with Crippen LogP contribution in [0.2, 0.25) is 0 Å². The first-order valence-electron chi connectivity index (χ1n) is 6.07. The summed E-state index contributed by atoms with van der Waals surface area (Å²) < 4.78 is 27.4. The van der Waals surface area contributed by atoms with Crippen molar-refractivity contribution in [3.63, 3.8) is 0 Å². The highest BCUT2D eigenvalue weighted by Gasteiger charge is 2.37. The first-order chi connectivity index (χ1) is 7.80. The molecule has 0 heterocycles. The lowest BCUT2D eigenvalue weighted by Gasteiger charge is -2.17. The van der Waals surface area contributed by atoms with Crippen molar-refractivity contribution < 1.29 is 8.78 Å². The zero-order valence-electron chi connectivity index (χ0n) is 10.4. The van der Waals surface area contributed by atoms with E-state index < -0.39 is 5.67 Å². The third kappa shape index (κ3) is 3.03. The van der Waals surface area contributed by atoms with Gasteiger partial charge in [-0.3, -0.25) is 0 Å². The molecule has 0 radical (unpaired) electrons. The molecule has 0 spiro atoms. The Labute approximate surface area is 101 Å². The van der Waals surface area contributed by atoms with Gasteiger partial charge in [0, 0.05) is 5.54 Å². The van der Waals surface area contributed by atoms with Gasteiger partial charge in [-0.05, 0) is 62.8 Å². The van der Waals surface area contributed by atoms with E-state index >= 15 is 0 Å². The van der Waals surface area contributed by atoms with Crippen LogP contribution < -0.4 is 5.73 Å². The number of hydrogen-bond donors (Lipinski definition) is 1. The first-order valence-corrected chi connectivity index (χ1v) is 6.07. The standard InChI is InChI=1S/C14H19F2N/c1-13(2,16)11-3-4-12(15)10(9-11)5-6-14(17)7-8-14/h3-4,9H,5-8,17H2,1-2H3. The van der Waals surface area contributed by atoms with Crippen LogP contribution in [-0.4, -0.2) is 5.54 Å². The van der Waals surface area contributed by atoms with Gasteiger partial charge in [-0.25, -0.2) is 8.78 Å². The van der Waals surface area contributed by atoms with E-state index in [-0.39, 0.29) is 11.4 Å². The van der Waals surface area contributed by atoms with Crippen LogP contribution in [0, 0.1) is 5.82 Å². The van der Waals surface area contributed by atoms with Crippen molar-refractivity contribution in [2.24, 2.45) is 5.73 Å². The minimum absolute atomic E-state index is 0.0896. The van der Waals surface area contributed by atoms with Gasteiger partial charge in [0.2, 0.25) is 0 Å². The van der Waals surface area contributed by atoms with E-state index in [2.05, 4.69) is 0 Å². The van der Waals surface area contributed by atoms with Gasteiger partial charge >= 0.3 is 0 Å². The zero-order chi connectivity index (χ0) is 12.7. The number of alkyl halides is 1. The first kappa shape index (κ1) is 12.5. The van der Waals surface area contributed by atoms with Crippen LogP contribution in [0.4, 0.5) is 8.78 Å². The molecular weight excluding hydrogens is 220 g/mol. The Hall–Kier alpha value is -0.960. The predicted molar refractivity (Wildman–Crippen MR) is 65.0 cm³/mol. The van der Waals surface area contributed by atoms with Gasteiger partial charge < -0.3 is 5.73 Å². The van der Waals surface area contributed by atoms with Gasteiger partial charge in [0.15, 0.2) is 0 Å². The Morgan fingerprint density at radius 3 is 2.53 bits per heavy atom. The molecule has 0 unspecified atom stereocenters. The predicted octanol–water partition coefficient (Wildman–Crippen LogP) is 3.45. The van der Waals surface area contributed by atoms with Crippen LogP contribution in [0.15, 0.2) is 18.2 Å². The Bertz CT molecular complexity index is 417. The van der Waals surface area contributed by atoms with Crippen molar-refractivity contribution in [2.45, 2.75) is 50.7 Å². The molecule has 0 amide bonds. The summed E-state index contributed by atoms with van der Waals surface area (Å²) in [5.74, 6) is -0.262. The summed E-state index contributed by atoms with van der Waals surface area (Å²) in [7, 11) is 0. The summed E-state index contributed by atoms with van der Waals surface area (Å²) in [6.45, 7) is 2.96. The summed E-state index contributed by atoms with van der Waals surface area (Å²) in [6, 6.07) is 4.48. The summed E-state index contributed by atoms with van der Waals surface area (Å²) in [5.41, 5.74) is 5.55. The molecule has 1 nitrogen and oxygen atoms in total. The summed E-state index contributed by atoms with van der Waals surface area (Å²) in [4.78, 5) is 0. The summed E-state index contributed by atoms with van der Waals surface area (Å²) in [5, 5.41) is 0. The van der Waals surface area contributed by atoms with Gasteiger partial charge in [-0.15, -0.1) is 0 Å². The molecule has 0 bridgehead atoms. The van der Waals surface area contributed by atoms with Crippen LogP contribution >= 0.6 is 0 Å². The SMILES string of the molecule is CC(C)(F)c1ccc(F)c(CCC2(N)CC2)c1.